The van der Waals surface area contributed by atoms with Gasteiger partial charge in [0.25, 0.3) is 0 Å². The van der Waals surface area contributed by atoms with Crippen molar-refractivity contribution in [2.45, 2.75) is 19.3 Å². The van der Waals surface area contributed by atoms with Crippen LogP contribution in [0.4, 0.5) is 0 Å². The van der Waals surface area contributed by atoms with Gasteiger partial charge in [-0.05, 0) is 12.8 Å². The zero-order valence-corrected chi connectivity index (χ0v) is 6.68. The van der Waals surface area contributed by atoms with Gasteiger partial charge in [0.2, 0.25) is 5.91 Å². The normalized spacial score (nSPS) is 18.5. The molecule has 0 aliphatic carbocycles. The minimum atomic E-state index is 0.211. The van der Waals surface area contributed by atoms with Gasteiger partial charge in [-0.25, -0.2) is 0 Å². The van der Waals surface area contributed by atoms with Crippen LogP contribution in [-0.4, -0.2) is 23.9 Å². The average Bonchev–Trinajstić information content (AvgIpc) is 1.93. The van der Waals surface area contributed by atoms with E-state index in [-0.39, 0.29) is 5.91 Å². The molecule has 0 unspecified atom stereocenters. The Morgan fingerprint density at radius 1 is 1.64 bits per heavy atom. The van der Waals surface area contributed by atoms with Crippen LogP contribution in [0.25, 0.3) is 0 Å². The van der Waals surface area contributed by atoms with E-state index in [1.165, 1.54) is 0 Å². The predicted octanol–water partition coefficient (Wildman–Crippen LogP) is 0.471. The summed E-state index contributed by atoms with van der Waals surface area (Å²) in [4.78, 5) is 12.9. The standard InChI is InChI=1S/C8H14N2O/c1-7(9)6-10-5-3-2-4-8(10)11/h1-6,9H2. The molecule has 3 heteroatoms. The number of carbonyl (C=O) groups excluding carboxylic acids is 1. The Bertz CT molecular complexity index is 177. The topological polar surface area (TPSA) is 46.3 Å². The first-order valence-corrected chi connectivity index (χ1v) is 3.91. The molecule has 1 aliphatic rings. The van der Waals surface area contributed by atoms with Crippen LogP contribution >= 0.6 is 0 Å². The quantitative estimate of drug-likeness (QED) is 0.628. The average molecular weight is 154 g/mol. The van der Waals surface area contributed by atoms with E-state index in [1.807, 2.05) is 0 Å². The number of hydrogen-bond acceptors (Lipinski definition) is 2. The van der Waals surface area contributed by atoms with Crippen molar-refractivity contribution in [1.29, 1.82) is 0 Å². The van der Waals surface area contributed by atoms with E-state index < -0.39 is 0 Å². The zero-order valence-electron chi connectivity index (χ0n) is 6.68. The molecule has 1 aliphatic heterocycles. The highest BCUT2D eigenvalue weighted by molar-refractivity contribution is 5.77. The largest absolute Gasteiger partial charge is 0.401 e. The molecule has 0 aromatic rings. The summed E-state index contributed by atoms with van der Waals surface area (Å²) >= 11 is 0. The van der Waals surface area contributed by atoms with Crippen molar-refractivity contribution < 1.29 is 4.79 Å². The second-order valence-corrected chi connectivity index (χ2v) is 2.93. The van der Waals surface area contributed by atoms with Crippen LogP contribution in [0.3, 0.4) is 0 Å². The maximum atomic E-state index is 11.2. The smallest absolute Gasteiger partial charge is 0.222 e. The predicted molar refractivity (Wildman–Crippen MR) is 43.8 cm³/mol. The maximum Gasteiger partial charge on any atom is 0.222 e. The van der Waals surface area contributed by atoms with E-state index in [0.717, 1.165) is 19.4 Å². The fourth-order valence-electron chi connectivity index (χ4n) is 1.27. The van der Waals surface area contributed by atoms with Gasteiger partial charge in [-0.3, -0.25) is 4.79 Å². The van der Waals surface area contributed by atoms with E-state index in [0.29, 0.717) is 18.7 Å². The van der Waals surface area contributed by atoms with Crippen LogP contribution in [0.15, 0.2) is 12.3 Å². The molecule has 0 radical (unpaired) electrons. The van der Waals surface area contributed by atoms with Crippen LogP contribution in [-0.2, 0) is 4.79 Å². The molecule has 0 bridgehead atoms. The van der Waals surface area contributed by atoms with Crippen molar-refractivity contribution >= 4 is 5.91 Å². The number of amides is 1. The second-order valence-electron chi connectivity index (χ2n) is 2.93. The fourth-order valence-corrected chi connectivity index (χ4v) is 1.27. The first-order valence-electron chi connectivity index (χ1n) is 3.91. The van der Waals surface area contributed by atoms with Crippen LogP contribution < -0.4 is 5.73 Å². The Morgan fingerprint density at radius 2 is 2.36 bits per heavy atom. The summed E-state index contributed by atoms with van der Waals surface area (Å²) in [7, 11) is 0. The number of rotatable bonds is 2. The molecule has 0 spiro atoms. The van der Waals surface area contributed by atoms with Gasteiger partial charge in [-0.1, -0.05) is 6.58 Å². The van der Waals surface area contributed by atoms with E-state index >= 15 is 0 Å². The molecule has 62 valence electrons. The van der Waals surface area contributed by atoms with Gasteiger partial charge in [-0.2, -0.15) is 0 Å². The lowest BCUT2D eigenvalue weighted by molar-refractivity contribution is -0.132. The zero-order chi connectivity index (χ0) is 8.27. The molecule has 1 amide bonds. The van der Waals surface area contributed by atoms with Gasteiger partial charge in [-0.15, -0.1) is 0 Å². The highest BCUT2D eigenvalue weighted by Crippen LogP contribution is 2.10. The number of hydrogen-bond donors (Lipinski definition) is 1. The number of carbonyl (C=O) groups is 1. The molecule has 0 saturated carbocycles. The summed E-state index contributed by atoms with van der Waals surface area (Å²) in [6.07, 6.45) is 2.79. The highest BCUT2D eigenvalue weighted by Gasteiger charge is 2.17. The molecule has 0 aromatic heterocycles. The number of nitrogens with two attached hydrogens (primary N) is 1. The second kappa shape index (κ2) is 3.42. The minimum Gasteiger partial charge on any atom is -0.401 e. The van der Waals surface area contributed by atoms with Crippen LogP contribution in [0.2, 0.25) is 0 Å². The van der Waals surface area contributed by atoms with Gasteiger partial charge in [0.15, 0.2) is 0 Å². The molecule has 0 atom stereocenters. The Morgan fingerprint density at radius 3 is 2.91 bits per heavy atom. The SMILES string of the molecule is C=C(N)CN1CCCCC1=O. The van der Waals surface area contributed by atoms with Crippen molar-refractivity contribution in [3.63, 3.8) is 0 Å². The van der Waals surface area contributed by atoms with Crippen molar-refractivity contribution in [1.82, 2.24) is 4.90 Å². The van der Waals surface area contributed by atoms with E-state index in [1.54, 1.807) is 4.90 Å². The third-order valence-electron chi connectivity index (χ3n) is 1.82. The lowest BCUT2D eigenvalue weighted by atomic mass is 10.1. The van der Waals surface area contributed by atoms with Crippen molar-refractivity contribution in [3.8, 4) is 0 Å². The number of piperidine rings is 1. The summed E-state index contributed by atoms with van der Waals surface area (Å²) in [6.45, 7) is 4.94. The summed E-state index contributed by atoms with van der Waals surface area (Å²) in [5, 5.41) is 0. The lowest BCUT2D eigenvalue weighted by Crippen LogP contribution is -2.37. The van der Waals surface area contributed by atoms with Gasteiger partial charge < -0.3 is 10.6 Å². The molecule has 2 N–H and O–H groups in total. The van der Waals surface area contributed by atoms with Crippen molar-refractivity contribution in [2.24, 2.45) is 5.73 Å². The van der Waals surface area contributed by atoms with E-state index in [4.69, 9.17) is 5.73 Å². The molecule has 1 saturated heterocycles. The van der Waals surface area contributed by atoms with Crippen LogP contribution in [0.5, 0.6) is 0 Å². The molecule has 11 heavy (non-hydrogen) atoms. The Hall–Kier alpha value is -0.990. The van der Waals surface area contributed by atoms with Crippen molar-refractivity contribution in [3.05, 3.63) is 12.3 Å². The maximum absolute atomic E-state index is 11.2. The molecule has 1 heterocycles. The van der Waals surface area contributed by atoms with Gasteiger partial charge in [0.05, 0.1) is 6.54 Å². The van der Waals surface area contributed by atoms with Gasteiger partial charge >= 0.3 is 0 Å². The summed E-state index contributed by atoms with van der Waals surface area (Å²) in [6, 6.07) is 0. The third kappa shape index (κ3) is 2.26. The highest BCUT2D eigenvalue weighted by atomic mass is 16.2. The van der Waals surface area contributed by atoms with Crippen LogP contribution in [0, 0.1) is 0 Å². The molecule has 3 nitrogen and oxygen atoms in total. The molecule has 1 rings (SSSR count). The Balaban J connectivity index is 2.42. The summed E-state index contributed by atoms with van der Waals surface area (Å²) < 4.78 is 0. The van der Waals surface area contributed by atoms with Gasteiger partial charge in [0.1, 0.15) is 0 Å². The Labute approximate surface area is 66.9 Å². The summed E-state index contributed by atoms with van der Waals surface area (Å²) in [5.41, 5.74) is 5.97. The third-order valence-corrected chi connectivity index (χ3v) is 1.82. The summed E-state index contributed by atoms with van der Waals surface area (Å²) in [5.74, 6) is 0.211. The molecule has 0 aromatic carbocycles. The monoisotopic (exact) mass is 154 g/mol. The minimum absolute atomic E-state index is 0.211. The number of likely N-dealkylation sites (tertiary alicyclic amines) is 1. The van der Waals surface area contributed by atoms with E-state index in [2.05, 4.69) is 6.58 Å². The number of nitrogens with zero attached hydrogens (tertiary/aromatic N) is 1. The lowest BCUT2D eigenvalue weighted by Gasteiger charge is -2.26. The van der Waals surface area contributed by atoms with Gasteiger partial charge in [0, 0.05) is 18.7 Å². The van der Waals surface area contributed by atoms with Crippen LogP contribution in [0.1, 0.15) is 19.3 Å². The molecule has 1 fully saturated rings. The first-order chi connectivity index (χ1) is 5.20. The first kappa shape index (κ1) is 8.11. The van der Waals surface area contributed by atoms with E-state index in [9.17, 15) is 4.79 Å². The molecular formula is C8H14N2O. The molecular weight excluding hydrogens is 140 g/mol. The Kier molecular flexibility index (Phi) is 2.52. The fraction of sp³-hybridized carbons (Fsp3) is 0.625. The van der Waals surface area contributed by atoms with Crippen molar-refractivity contribution in [2.75, 3.05) is 13.1 Å².